The lowest BCUT2D eigenvalue weighted by Gasteiger charge is -2.10. The van der Waals surface area contributed by atoms with Gasteiger partial charge in [0, 0.05) is 18.9 Å². The second-order valence-electron chi connectivity index (χ2n) is 3.06. The fraction of sp³-hybridized carbons (Fsp3) is 0.300. The van der Waals surface area contributed by atoms with E-state index < -0.39 is 18.0 Å². The van der Waals surface area contributed by atoms with Gasteiger partial charge in [-0.15, -0.1) is 13.2 Å². The lowest BCUT2D eigenvalue weighted by atomic mass is 10.3. The number of ether oxygens (including phenoxy) is 2. The third-order valence-corrected chi connectivity index (χ3v) is 1.63. The van der Waals surface area contributed by atoms with E-state index in [0.717, 1.165) is 12.1 Å². The maximum absolute atomic E-state index is 11.9. The summed E-state index contributed by atoms with van der Waals surface area (Å²) in [6.45, 7) is -0.176. The molecule has 0 spiro atoms. The number of alkyl halides is 3. The van der Waals surface area contributed by atoms with Gasteiger partial charge in [-0.25, -0.2) is 0 Å². The Bertz CT molecular complexity index is 393. The molecule has 1 amide bonds. The van der Waals surface area contributed by atoms with Crippen LogP contribution in [0.5, 0.6) is 5.75 Å². The molecular formula is C10H10F3NO3. The smallest absolute Gasteiger partial charge is 0.406 e. The highest BCUT2D eigenvalue weighted by Gasteiger charge is 2.31. The Morgan fingerprint density at radius 3 is 2.71 bits per heavy atom. The molecule has 0 saturated heterocycles. The monoisotopic (exact) mass is 249 g/mol. The summed E-state index contributed by atoms with van der Waals surface area (Å²) in [4.78, 5) is 11.1. The summed E-state index contributed by atoms with van der Waals surface area (Å²) in [6, 6.07) is 4.99. The molecule has 4 nitrogen and oxygen atoms in total. The Labute approximate surface area is 95.3 Å². The van der Waals surface area contributed by atoms with Crippen LogP contribution in [0.4, 0.5) is 18.9 Å². The summed E-state index contributed by atoms with van der Waals surface area (Å²) < 4.78 is 44.0. The van der Waals surface area contributed by atoms with Gasteiger partial charge >= 0.3 is 6.36 Å². The zero-order valence-electron chi connectivity index (χ0n) is 8.88. The molecule has 0 saturated carbocycles. The Hall–Kier alpha value is -1.76. The van der Waals surface area contributed by atoms with Gasteiger partial charge in [0.2, 0.25) is 5.91 Å². The first kappa shape index (κ1) is 13.3. The third kappa shape index (κ3) is 5.21. The predicted molar refractivity (Wildman–Crippen MR) is 53.6 cm³/mol. The lowest BCUT2D eigenvalue weighted by Crippen LogP contribution is -2.18. The van der Waals surface area contributed by atoms with Crippen LogP contribution in [-0.4, -0.2) is 26.0 Å². The van der Waals surface area contributed by atoms with Crippen LogP contribution >= 0.6 is 0 Å². The van der Waals surface area contributed by atoms with E-state index in [1.165, 1.54) is 19.2 Å². The molecule has 0 aromatic heterocycles. The Morgan fingerprint density at radius 2 is 2.12 bits per heavy atom. The molecule has 0 heterocycles. The number of benzene rings is 1. The van der Waals surface area contributed by atoms with Crippen molar-refractivity contribution in [3.8, 4) is 5.75 Å². The van der Waals surface area contributed by atoms with Gasteiger partial charge in [0.25, 0.3) is 0 Å². The molecule has 1 rings (SSSR count). The summed E-state index contributed by atoms with van der Waals surface area (Å²) in [5.41, 5.74) is 0.203. The van der Waals surface area contributed by atoms with E-state index in [1.807, 2.05) is 0 Å². The molecule has 0 unspecified atom stereocenters. The minimum Gasteiger partial charge on any atom is -0.406 e. The second kappa shape index (κ2) is 5.53. The number of rotatable bonds is 4. The summed E-state index contributed by atoms with van der Waals surface area (Å²) in [7, 11) is 1.34. The van der Waals surface area contributed by atoms with Crippen LogP contribution in [-0.2, 0) is 9.53 Å². The normalized spacial score (nSPS) is 11.1. The van der Waals surface area contributed by atoms with Gasteiger partial charge in [0.15, 0.2) is 0 Å². The van der Waals surface area contributed by atoms with E-state index in [9.17, 15) is 18.0 Å². The Kier molecular flexibility index (Phi) is 4.33. The van der Waals surface area contributed by atoms with E-state index in [-0.39, 0.29) is 12.3 Å². The number of anilines is 1. The van der Waals surface area contributed by atoms with Gasteiger partial charge in [-0.05, 0) is 12.1 Å². The highest BCUT2D eigenvalue weighted by molar-refractivity contribution is 5.91. The first-order valence-electron chi connectivity index (χ1n) is 4.55. The van der Waals surface area contributed by atoms with Crippen molar-refractivity contribution in [3.63, 3.8) is 0 Å². The maximum atomic E-state index is 11.9. The fourth-order valence-electron chi connectivity index (χ4n) is 1.10. The van der Waals surface area contributed by atoms with Crippen molar-refractivity contribution in [2.24, 2.45) is 0 Å². The van der Waals surface area contributed by atoms with Crippen LogP contribution < -0.4 is 10.1 Å². The lowest BCUT2D eigenvalue weighted by molar-refractivity contribution is -0.274. The molecule has 17 heavy (non-hydrogen) atoms. The third-order valence-electron chi connectivity index (χ3n) is 1.63. The van der Waals surface area contributed by atoms with Crippen molar-refractivity contribution in [3.05, 3.63) is 24.3 Å². The molecule has 0 bridgehead atoms. The van der Waals surface area contributed by atoms with Gasteiger partial charge < -0.3 is 14.8 Å². The Balaban J connectivity index is 2.69. The molecule has 1 aromatic carbocycles. The zero-order chi connectivity index (χ0) is 12.9. The summed E-state index contributed by atoms with van der Waals surface area (Å²) >= 11 is 0. The van der Waals surface area contributed by atoms with Crippen molar-refractivity contribution in [2.75, 3.05) is 19.0 Å². The molecule has 0 atom stereocenters. The van der Waals surface area contributed by atoms with E-state index in [4.69, 9.17) is 0 Å². The molecule has 0 aliphatic carbocycles. The maximum Gasteiger partial charge on any atom is 0.573 e. The average Bonchev–Trinajstić information content (AvgIpc) is 2.15. The van der Waals surface area contributed by atoms with E-state index in [2.05, 4.69) is 14.8 Å². The number of hydrogen-bond acceptors (Lipinski definition) is 3. The van der Waals surface area contributed by atoms with Crippen molar-refractivity contribution >= 4 is 11.6 Å². The molecule has 0 radical (unpaired) electrons. The van der Waals surface area contributed by atoms with Gasteiger partial charge in [-0.1, -0.05) is 6.07 Å². The summed E-state index contributed by atoms with van der Waals surface area (Å²) in [6.07, 6.45) is -4.75. The number of halogens is 3. The van der Waals surface area contributed by atoms with Crippen LogP contribution in [0.15, 0.2) is 24.3 Å². The number of amides is 1. The van der Waals surface area contributed by atoms with Gasteiger partial charge in [-0.2, -0.15) is 0 Å². The minimum absolute atomic E-state index is 0.176. The van der Waals surface area contributed by atoms with Crippen LogP contribution in [0.3, 0.4) is 0 Å². The van der Waals surface area contributed by atoms with Gasteiger partial charge in [-0.3, -0.25) is 4.79 Å². The summed E-state index contributed by atoms with van der Waals surface area (Å²) in [5.74, 6) is -0.857. The zero-order valence-corrected chi connectivity index (χ0v) is 8.88. The first-order chi connectivity index (χ1) is 7.90. The largest absolute Gasteiger partial charge is 0.573 e. The number of hydrogen-bond donors (Lipinski definition) is 1. The summed E-state index contributed by atoms with van der Waals surface area (Å²) in [5, 5.41) is 2.36. The molecule has 0 aliphatic rings. The Morgan fingerprint density at radius 1 is 1.41 bits per heavy atom. The number of nitrogens with one attached hydrogen (secondary N) is 1. The van der Waals surface area contributed by atoms with Gasteiger partial charge in [0.1, 0.15) is 12.4 Å². The number of carbonyl (C=O) groups is 1. The highest BCUT2D eigenvalue weighted by atomic mass is 19.4. The fourth-order valence-corrected chi connectivity index (χ4v) is 1.10. The van der Waals surface area contributed by atoms with Crippen molar-refractivity contribution in [1.29, 1.82) is 0 Å². The second-order valence-corrected chi connectivity index (χ2v) is 3.06. The molecule has 0 fully saturated rings. The molecule has 7 heteroatoms. The quantitative estimate of drug-likeness (QED) is 0.889. The average molecular weight is 249 g/mol. The van der Waals surface area contributed by atoms with E-state index >= 15 is 0 Å². The van der Waals surface area contributed by atoms with Crippen LogP contribution in [0, 0.1) is 0 Å². The molecule has 94 valence electrons. The molecule has 1 aromatic rings. The predicted octanol–water partition coefficient (Wildman–Crippen LogP) is 2.17. The van der Waals surface area contributed by atoms with Crippen LogP contribution in [0.2, 0.25) is 0 Å². The van der Waals surface area contributed by atoms with Crippen molar-refractivity contribution in [1.82, 2.24) is 0 Å². The molecule has 1 N–H and O–H groups in total. The standard InChI is InChI=1S/C10H10F3NO3/c1-16-6-9(15)14-7-3-2-4-8(5-7)17-10(11,12)13/h2-5H,6H2,1H3,(H,14,15). The van der Waals surface area contributed by atoms with Crippen molar-refractivity contribution in [2.45, 2.75) is 6.36 Å². The van der Waals surface area contributed by atoms with E-state index in [0.29, 0.717) is 0 Å². The van der Waals surface area contributed by atoms with Crippen LogP contribution in [0.25, 0.3) is 0 Å². The SMILES string of the molecule is COCC(=O)Nc1cccc(OC(F)(F)F)c1. The highest BCUT2D eigenvalue weighted by Crippen LogP contribution is 2.24. The van der Waals surface area contributed by atoms with Gasteiger partial charge in [0.05, 0.1) is 0 Å². The molecule has 0 aliphatic heterocycles. The van der Waals surface area contributed by atoms with E-state index in [1.54, 1.807) is 0 Å². The topological polar surface area (TPSA) is 47.6 Å². The first-order valence-corrected chi connectivity index (χ1v) is 4.55. The van der Waals surface area contributed by atoms with Crippen molar-refractivity contribution < 1.29 is 27.4 Å². The molecular weight excluding hydrogens is 239 g/mol. The van der Waals surface area contributed by atoms with Crippen LogP contribution in [0.1, 0.15) is 0 Å². The number of methoxy groups -OCH3 is 1. The number of carbonyl (C=O) groups excluding carboxylic acids is 1. The minimum atomic E-state index is -4.75.